The molecular formula is C9H13NO3. The first-order valence-electron chi connectivity index (χ1n) is 4.46. The SMILES string of the molecule is CC(=O)NCC12CC(C(=O)O)(C1)C2. The van der Waals surface area contributed by atoms with E-state index in [0.717, 1.165) is 19.3 Å². The van der Waals surface area contributed by atoms with Crippen LogP contribution >= 0.6 is 0 Å². The van der Waals surface area contributed by atoms with E-state index in [-0.39, 0.29) is 11.3 Å². The molecule has 1 amide bonds. The molecule has 2 N–H and O–H groups in total. The van der Waals surface area contributed by atoms with Crippen LogP contribution in [0.1, 0.15) is 26.2 Å². The zero-order chi connectivity index (χ0) is 9.69. The molecule has 3 saturated carbocycles. The minimum absolute atomic E-state index is 0.0332. The van der Waals surface area contributed by atoms with Crippen molar-refractivity contribution >= 4 is 11.9 Å². The highest BCUT2D eigenvalue weighted by Gasteiger charge is 2.71. The molecule has 0 atom stereocenters. The van der Waals surface area contributed by atoms with Crippen molar-refractivity contribution in [2.24, 2.45) is 10.8 Å². The van der Waals surface area contributed by atoms with Gasteiger partial charge in [0.15, 0.2) is 0 Å². The van der Waals surface area contributed by atoms with Gasteiger partial charge in [-0.2, -0.15) is 0 Å². The highest BCUT2D eigenvalue weighted by Crippen LogP contribution is 2.73. The second-order valence-electron chi connectivity index (χ2n) is 4.53. The van der Waals surface area contributed by atoms with Gasteiger partial charge in [0.05, 0.1) is 5.41 Å². The molecule has 0 aromatic rings. The Labute approximate surface area is 76.3 Å². The van der Waals surface area contributed by atoms with Crippen molar-refractivity contribution in [3.63, 3.8) is 0 Å². The third kappa shape index (κ3) is 1.04. The number of carbonyl (C=O) groups is 2. The van der Waals surface area contributed by atoms with Crippen LogP contribution in [0.2, 0.25) is 0 Å². The van der Waals surface area contributed by atoms with Crippen LogP contribution in [0.3, 0.4) is 0 Å². The number of hydrogen-bond acceptors (Lipinski definition) is 2. The smallest absolute Gasteiger partial charge is 0.309 e. The van der Waals surface area contributed by atoms with Gasteiger partial charge in [-0.25, -0.2) is 0 Å². The average Bonchev–Trinajstić information content (AvgIpc) is 1.79. The van der Waals surface area contributed by atoms with E-state index >= 15 is 0 Å². The standard InChI is InChI=1S/C9H13NO3/c1-6(11)10-5-8-2-9(3-8,4-8)7(12)13/h2-5H2,1H3,(H,10,11)(H,12,13). The Bertz CT molecular complexity index is 259. The first-order chi connectivity index (χ1) is 5.98. The van der Waals surface area contributed by atoms with Crippen LogP contribution in [0, 0.1) is 10.8 Å². The molecule has 0 saturated heterocycles. The van der Waals surface area contributed by atoms with Crippen LogP contribution in [0.5, 0.6) is 0 Å². The van der Waals surface area contributed by atoms with Crippen LogP contribution in [0.15, 0.2) is 0 Å². The number of carboxylic acids is 1. The van der Waals surface area contributed by atoms with Gasteiger partial charge in [-0.3, -0.25) is 9.59 Å². The number of aliphatic carboxylic acids is 1. The molecule has 3 fully saturated rings. The quantitative estimate of drug-likeness (QED) is 0.664. The Morgan fingerprint density at radius 3 is 2.31 bits per heavy atom. The fourth-order valence-corrected chi connectivity index (χ4v) is 2.72. The summed E-state index contributed by atoms with van der Waals surface area (Å²) in [5, 5.41) is 11.6. The molecule has 0 aromatic carbocycles. The lowest BCUT2D eigenvalue weighted by atomic mass is 9.35. The number of carboxylic acid groups (broad SMARTS) is 1. The molecule has 0 aliphatic heterocycles. The summed E-state index contributed by atoms with van der Waals surface area (Å²) >= 11 is 0. The molecule has 0 unspecified atom stereocenters. The first-order valence-corrected chi connectivity index (χ1v) is 4.46. The largest absolute Gasteiger partial charge is 0.481 e. The first kappa shape index (κ1) is 8.53. The summed E-state index contributed by atoms with van der Waals surface area (Å²) in [6.07, 6.45) is 2.24. The minimum Gasteiger partial charge on any atom is -0.481 e. The summed E-state index contributed by atoms with van der Waals surface area (Å²) in [6.45, 7) is 2.13. The van der Waals surface area contributed by atoms with Gasteiger partial charge in [0.2, 0.25) is 5.91 Å². The second kappa shape index (κ2) is 2.25. The Morgan fingerprint density at radius 1 is 1.38 bits per heavy atom. The summed E-state index contributed by atoms with van der Waals surface area (Å²) in [5.74, 6) is -0.702. The Morgan fingerprint density at radius 2 is 1.92 bits per heavy atom. The summed E-state index contributed by atoms with van der Waals surface area (Å²) in [4.78, 5) is 21.4. The number of rotatable bonds is 3. The maximum Gasteiger partial charge on any atom is 0.309 e. The van der Waals surface area contributed by atoms with E-state index in [0.29, 0.717) is 6.54 Å². The van der Waals surface area contributed by atoms with Crippen molar-refractivity contribution in [3.05, 3.63) is 0 Å². The van der Waals surface area contributed by atoms with Gasteiger partial charge < -0.3 is 10.4 Å². The summed E-state index contributed by atoms with van der Waals surface area (Å²) in [6, 6.07) is 0. The van der Waals surface area contributed by atoms with Crippen LogP contribution in [0.25, 0.3) is 0 Å². The average molecular weight is 183 g/mol. The van der Waals surface area contributed by atoms with Crippen molar-refractivity contribution in [3.8, 4) is 0 Å². The fourth-order valence-electron chi connectivity index (χ4n) is 2.72. The molecule has 4 nitrogen and oxygen atoms in total. The highest BCUT2D eigenvalue weighted by molar-refractivity contribution is 5.79. The molecule has 3 aliphatic rings. The predicted octanol–water partition coefficient (Wildman–Crippen LogP) is 0.377. The number of hydrogen-bond donors (Lipinski definition) is 2. The van der Waals surface area contributed by atoms with Crippen molar-refractivity contribution < 1.29 is 14.7 Å². The van der Waals surface area contributed by atoms with Gasteiger partial charge >= 0.3 is 5.97 Å². The van der Waals surface area contributed by atoms with Gasteiger partial charge in [-0.15, -0.1) is 0 Å². The van der Waals surface area contributed by atoms with Crippen LogP contribution in [-0.2, 0) is 9.59 Å². The number of carbonyl (C=O) groups excluding carboxylic acids is 1. The molecule has 72 valence electrons. The summed E-state index contributed by atoms with van der Waals surface area (Å²) in [5.41, 5.74) is -0.289. The maximum absolute atomic E-state index is 10.7. The molecule has 0 spiro atoms. The van der Waals surface area contributed by atoms with Gasteiger partial charge in [0.1, 0.15) is 0 Å². The van der Waals surface area contributed by atoms with E-state index in [1.807, 2.05) is 0 Å². The minimum atomic E-state index is -0.669. The maximum atomic E-state index is 10.7. The van der Waals surface area contributed by atoms with Gasteiger partial charge in [-0.1, -0.05) is 0 Å². The molecule has 0 aromatic heterocycles. The van der Waals surface area contributed by atoms with Gasteiger partial charge in [0, 0.05) is 13.5 Å². The van der Waals surface area contributed by atoms with Crippen molar-refractivity contribution in [2.45, 2.75) is 26.2 Å². The highest BCUT2D eigenvalue weighted by atomic mass is 16.4. The Kier molecular flexibility index (Phi) is 1.47. The van der Waals surface area contributed by atoms with E-state index in [1.54, 1.807) is 0 Å². The number of nitrogens with one attached hydrogen (secondary N) is 1. The van der Waals surface area contributed by atoms with Crippen LogP contribution in [0.4, 0.5) is 0 Å². The normalized spacial score (nSPS) is 40.1. The summed E-state index contributed by atoms with van der Waals surface area (Å²) < 4.78 is 0. The topological polar surface area (TPSA) is 66.4 Å². The fraction of sp³-hybridized carbons (Fsp3) is 0.778. The Hall–Kier alpha value is -1.06. The summed E-state index contributed by atoms with van der Waals surface area (Å²) in [7, 11) is 0. The molecule has 13 heavy (non-hydrogen) atoms. The van der Waals surface area contributed by atoms with E-state index in [9.17, 15) is 9.59 Å². The molecule has 0 heterocycles. The Balaban J connectivity index is 1.83. The number of amides is 1. The zero-order valence-corrected chi connectivity index (χ0v) is 7.59. The molecule has 0 radical (unpaired) electrons. The van der Waals surface area contributed by atoms with Gasteiger partial charge in [-0.05, 0) is 24.7 Å². The van der Waals surface area contributed by atoms with E-state index < -0.39 is 11.4 Å². The lowest BCUT2D eigenvalue weighted by Gasteiger charge is -2.68. The van der Waals surface area contributed by atoms with E-state index in [4.69, 9.17) is 5.11 Å². The van der Waals surface area contributed by atoms with Crippen molar-refractivity contribution in [1.82, 2.24) is 5.32 Å². The van der Waals surface area contributed by atoms with E-state index in [1.165, 1.54) is 6.92 Å². The van der Waals surface area contributed by atoms with E-state index in [2.05, 4.69) is 5.32 Å². The molecule has 3 aliphatic carbocycles. The van der Waals surface area contributed by atoms with Crippen molar-refractivity contribution in [1.29, 1.82) is 0 Å². The zero-order valence-electron chi connectivity index (χ0n) is 7.59. The van der Waals surface area contributed by atoms with Gasteiger partial charge in [0.25, 0.3) is 0 Å². The third-order valence-electron chi connectivity index (χ3n) is 3.31. The second-order valence-corrected chi connectivity index (χ2v) is 4.53. The third-order valence-corrected chi connectivity index (χ3v) is 3.31. The molecule has 3 rings (SSSR count). The lowest BCUT2D eigenvalue weighted by Crippen LogP contribution is -2.68. The lowest BCUT2D eigenvalue weighted by molar-refractivity contribution is -0.220. The van der Waals surface area contributed by atoms with Crippen molar-refractivity contribution in [2.75, 3.05) is 6.54 Å². The van der Waals surface area contributed by atoms with Crippen LogP contribution in [-0.4, -0.2) is 23.5 Å². The molecular weight excluding hydrogens is 170 g/mol. The van der Waals surface area contributed by atoms with Crippen LogP contribution < -0.4 is 5.32 Å². The predicted molar refractivity (Wildman–Crippen MR) is 45.0 cm³/mol. The monoisotopic (exact) mass is 183 g/mol. The molecule has 2 bridgehead atoms. The molecule has 4 heteroatoms.